The highest BCUT2D eigenvalue weighted by Crippen LogP contribution is 2.35. The number of oxime groups is 1. The minimum atomic E-state index is -1.09. The zero-order chi connectivity index (χ0) is 22.7. The van der Waals surface area contributed by atoms with Crippen LogP contribution >= 0.6 is 11.6 Å². The fourth-order valence-corrected chi connectivity index (χ4v) is 4.38. The van der Waals surface area contributed by atoms with Gasteiger partial charge in [0.1, 0.15) is 18.4 Å². The lowest BCUT2D eigenvalue weighted by Gasteiger charge is -2.26. The monoisotopic (exact) mass is 460 g/mol. The number of aromatic nitrogens is 1. The molecule has 2 aliphatic rings. The second kappa shape index (κ2) is 9.75. The Labute approximate surface area is 190 Å². The van der Waals surface area contributed by atoms with Crippen molar-refractivity contribution in [2.75, 3.05) is 20.3 Å². The largest absolute Gasteiger partial charge is 0.495 e. The highest BCUT2D eigenvalue weighted by Gasteiger charge is 2.28. The molecule has 0 amide bonds. The number of ether oxygens (including phenoxy) is 2. The third-order valence-corrected chi connectivity index (χ3v) is 6.07. The van der Waals surface area contributed by atoms with Gasteiger partial charge in [-0.2, -0.15) is 0 Å². The summed E-state index contributed by atoms with van der Waals surface area (Å²) in [6.07, 6.45) is 4.85. The second-order valence-electron chi connectivity index (χ2n) is 7.89. The maximum atomic E-state index is 13.1. The van der Waals surface area contributed by atoms with Gasteiger partial charge in [-0.05, 0) is 37.0 Å². The second-order valence-corrected chi connectivity index (χ2v) is 8.33. The summed E-state index contributed by atoms with van der Waals surface area (Å²) in [7, 11) is 1.48. The van der Waals surface area contributed by atoms with Crippen LogP contribution in [0.1, 0.15) is 43.7 Å². The lowest BCUT2D eigenvalue weighted by Crippen LogP contribution is -2.33. The van der Waals surface area contributed by atoms with Gasteiger partial charge in [-0.1, -0.05) is 22.8 Å². The Morgan fingerprint density at radius 1 is 1.28 bits per heavy atom. The topological polar surface area (TPSA) is 99.3 Å². The van der Waals surface area contributed by atoms with Gasteiger partial charge in [0.25, 0.3) is 5.56 Å². The van der Waals surface area contributed by atoms with Crippen LogP contribution in [0.3, 0.4) is 0 Å². The molecule has 2 aromatic rings. The molecular weight excluding hydrogens is 436 g/mol. The maximum Gasteiger partial charge on any atom is 0.326 e. The number of pyridine rings is 1. The van der Waals surface area contributed by atoms with E-state index in [4.69, 9.17) is 25.9 Å². The fourth-order valence-electron chi connectivity index (χ4n) is 4.21. The molecule has 8 nitrogen and oxygen atoms in total. The lowest BCUT2D eigenvalue weighted by molar-refractivity contribution is -0.142. The number of rotatable bonds is 7. The molecule has 170 valence electrons. The van der Waals surface area contributed by atoms with E-state index in [1.54, 1.807) is 12.1 Å². The van der Waals surface area contributed by atoms with Gasteiger partial charge >= 0.3 is 5.97 Å². The summed E-state index contributed by atoms with van der Waals surface area (Å²) in [5.41, 5.74) is 2.28. The first-order chi connectivity index (χ1) is 15.5. The highest BCUT2D eigenvalue weighted by atomic mass is 35.5. The predicted molar refractivity (Wildman–Crippen MR) is 120 cm³/mol. The van der Waals surface area contributed by atoms with E-state index in [9.17, 15) is 14.7 Å². The van der Waals surface area contributed by atoms with Crippen LogP contribution in [0.4, 0.5) is 0 Å². The van der Waals surface area contributed by atoms with Crippen LogP contribution in [-0.4, -0.2) is 47.8 Å². The Kier molecular flexibility index (Phi) is 6.81. The number of methoxy groups -OCH3 is 1. The van der Waals surface area contributed by atoms with Crippen LogP contribution in [0, 0.1) is 0 Å². The average molecular weight is 461 g/mol. The third-order valence-electron chi connectivity index (χ3n) is 5.83. The molecule has 1 fully saturated rings. The number of carbonyl (C=O) groups is 1. The number of aliphatic carboxylic acids is 1. The van der Waals surface area contributed by atoms with E-state index in [2.05, 4.69) is 5.16 Å². The van der Waals surface area contributed by atoms with E-state index in [0.717, 1.165) is 30.5 Å². The Balaban J connectivity index is 1.77. The lowest BCUT2D eigenvalue weighted by atomic mass is 9.95. The van der Waals surface area contributed by atoms with Crippen LogP contribution in [-0.2, 0) is 14.4 Å². The highest BCUT2D eigenvalue weighted by molar-refractivity contribution is 6.31. The molecule has 32 heavy (non-hydrogen) atoms. The zero-order valence-corrected chi connectivity index (χ0v) is 18.5. The number of hydrogen-bond donors (Lipinski definition) is 1. The van der Waals surface area contributed by atoms with Crippen molar-refractivity contribution in [2.45, 2.75) is 44.2 Å². The SMILES string of the molecule is COc1cn(C(C[C@@H]2CCCCO2)C(=O)O)c(=O)cc1-c1cc(Cl)ccc1C1=NOCC1. The standard InChI is InChI=1S/C23H25ClN2O6/c1-30-21-13-26(20(23(28)29)11-15-4-2-3-8-31-15)22(27)12-18(21)17-10-14(24)5-6-16(17)19-7-9-32-25-19/h5-6,10,12-13,15,20H,2-4,7-9,11H2,1H3,(H,28,29)/t15-,20?/m0/s1. The summed E-state index contributed by atoms with van der Waals surface area (Å²) >= 11 is 6.25. The van der Waals surface area contributed by atoms with Crippen molar-refractivity contribution < 1.29 is 24.2 Å². The van der Waals surface area contributed by atoms with E-state index in [1.807, 2.05) is 6.07 Å². The van der Waals surface area contributed by atoms with Crippen molar-refractivity contribution in [2.24, 2.45) is 5.16 Å². The van der Waals surface area contributed by atoms with E-state index in [1.165, 1.54) is 23.9 Å². The minimum absolute atomic E-state index is 0.192. The Hall–Kier alpha value is -2.84. The van der Waals surface area contributed by atoms with Crippen molar-refractivity contribution >= 4 is 23.3 Å². The van der Waals surface area contributed by atoms with E-state index < -0.39 is 17.6 Å². The molecule has 1 unspecified atom stereocenters. The Morgan fingerprint density at radius 3 is 2.78 bits per heavy atom. The normalized spacial score (nSPS) is 19.2. The summed E-state index contributed by atoms with van der Waals surface area (Å²) in [6.45, 7) is 1.10. The molecule has 2 atom stereocenters. The average Bonchev–Trinajstić information content (AvgIpc) is 3.33. The first kappa shape index (κ1) is 22.4. The number of carboxylic acid groups (broad SMARTS) is 1. The van der Waals surface area contributed by atoms with Crippen molar-refractivity contribution in [3.05, 3.63) is 51.4 Å². The van der Waals surface area contributed by atoms with Gasteiger partial charge in [0.15, 0.2) is 0 Å². The smallest absolute Gasteiger partial charge is 0.326 e. The van der Waals surface area contributed by atoms with Gasteiger partial charge in [0.2, 0.25) is 0 Å². The molecule has 2 aliphatic heterocycles. The van der Waals surface area contributed by atoms with Crippen molar-refractivity contribution in [3.63, 3.8) is 0 Å². The van der Waals surface area contributed by atoms with Crippen LogP contribution in [0.25, 0.3) is 11.1 Å². The van der Waals surface area contributed by atoms with Crippen LogP contribution in [0.15, 0.2) is 40.4 Å². The summed E-state index contributed by atoms with van der Waals surface area (Å²) in [5.74, 6) is -0.722. The number of halogens is 1. The molecule has 0 aliphatic carbocycles. The van der Waals surface area contributed by atoms with Gasteiger partial charge in [-0.3, -0.25) is 9.36 Å². The summed E-state index contributed by atoms with van der Waals surface area (Å²) < 4.78 is 12.5. The Morgan fingerprint density at radius 2 is 2.12 bits per heavy atom. The van der Waals surface area contributed by atoms with Crippen molar-refractivity contribution in [1.82, 2.24) is 4.57 Å². The fraction of sp³-hybridized carbons (Fsp3) is 0.435. The van der Waals surface area contributed by atoms with Gasteiger partial charge < -0.3 is 19.4 Å². The molecule has 3 heterocycles. The van der Waals surface area contributed by atoms with E-state index >= 15 is 0 Å². The number of benzene rings is 1. The van der Waals surface area contributed by atoms with Crippen molar-refractivity contribution in [1.29, 1.82) is 0 Å². The van der Waals surface area contributed by atoms with Gasteiger partial charge in [-0.15, -0.1) is 0 Å². The Bertz CT molecular complexity index is 1090. The molecular formula is C23H25ClN2O6. The third kappa shape index (κ3) is 4.66. The molecule has 1 aromatic heterocycles. The molecule has 0 saturated carbocycles. The number of hydrogen-bond acceptors (Lipinski definition) is 6. The zero-order valence-electron chi connectivity index (χ0n) is 17.8. The molecule has 1 saturated heterocycles. The van der Waals surface area contributed by atoms with Gasteiger partial charge in [0, 0.05) is 41.7 Å². The molecule has 4 rings (SSSR count). The first-order valence-electron chi connectivity index (χ1n) is 10.6. The summed E-state index contributed by atoms with van der Waals surface area (Å²) in [4.78, 5) is 30.3. The van der Waals surface area contributed by atoms with E-state index in [0.29, 0.717) is 41.5 Å². The van der Waals surface area contributed by atoms with Crippen LogP contribution in [0.2, 0.25) is 5.02 Å². The molecule has 0 radical (unpaired) electrons. The van der Waals surface area contributed by atoms with Crippen molar-refractivity contribution in [3.8, 4) is 16.9 Å². The maximum absolute atomic E-state index is 13.1. The first-order valence-corrected chi connectivity index (χ1v) is 11.0. The van der Waals surface area contributed by atoms with Crippen LogP contribution in [0.5, 0.6) is 5.75 Å². The van der Waals surface area contributed by atoms with Crippen LogP contribution < -0.4 is 10.3 Å². The molecule has 1 aromatic carbocycles. The number of nitrogens with zero attached hydrogens (tertiary/aromatic N) is 2. The predicted octanol–water partition coefficient (Wildman–Crippen LogP) is 3.89. The van der Waals surface area contributed by atoms with Gasteiger partial charge in [-0.25, -0.2) is 4.79 Å². The molecule has 0 bridgehead atoms. The summed E-state index contributed by atoms with van der Waals surface area (Å²) in [6, 6.07) is 5.65. The minimum Gasteiger partial charge on any atom is -0.495 e. The molecule has 1 N–H and O–H groups in total. The number of carboxylic acids is 1. The van der Waals surface area contributed by atoms with Gasteiger partial charge in [0.05, 0.1) is 25.1 Å². The van der Waals surface area contributed by atoms with E-state index in [-0.39, 0.29) is 12.5 Å². The molecule has 0 spiro atoms. The quantitative estimate of drug-likeness (QED) is 0.673. The molecule has 9 heteroatoms. The summed E-state index contributed by atoms with van der Waals surface area (Å²) in [5, 5.41) is 14.4.